The zero-order valence-electron chi connectivity index (χ0n) is 22.9. The van der Waals surface area contributed by atoms with Gasteiger partial charge in [-0.2, -0.15) is 9.97 Å². The summed E-state index contributed by atoms with van der Waals surface area (Å²) in [6, 6.07) is 0. The molecule has 4 aromatic rings. The molecular weight excluding hydrogens is 668 g/mol. The Kier molecular flexibility index (Phi) is 7.38. The first-order valence-corrected chi connectivity index (χ1v) is 16.6. The maximum Gasteiger partial charge on any atom is 0.472 e. The summed E-state index contributed by atoms with van der Waals surface area (Å²) in [7, 11) is -10.2. The van der Waals surface area contributed by atoms with Crippen molar-refractivity contribution in [2.45, 2.75) is 55.6 Å². The molecule has 10 atom stereocenters. The molecule has 3 fully saturated rings. The number of nitrogen functional groups attached to an aromatic ring is 2. The van der Waals surface area contributed by atoms with Crippen LogP contribution in [0.2, 0.25) is 0 Å². The largest absolute Gasteiger partial charge is 0.778 e. The zero-order chi connectivity index (χ0) is 32.7. The van der Waals surface area contributed by atoms with Gasteiger partial charge < -0.3 is 39.8 Å². The van der Waals surface area contributed by atoms with Crippen LogP contribution in [0.3, 0.4) is 0 Å². The van der Waals surface area contributed by atoms with Crippen LogP contribution in [0.4, 0.5) is 20.7 Å². The van der Waals surface area contributed by atoms with E-state index >= 15 is 8.78 Å². The lowest BCUT2D eigenvalue weighted by atomic mass is 10.1. The number of anilines is 2. The molecule has 0 amide bonds. The summed E-state index contributed by atoms with van der Waals surface area (Å²) < 4.78 is 86.6. The first-order valence-electron chi connectivity index (χ1n) is 13.4. The monoisotopic (exact) mass is 691 g/mol. The van der Waals surface area contributed by atoms with Crippen LogP contribution in [0, 0.1) is 0 Å². The van der Waals surface area contributed by atoms with Crippen molar-refractivity contribution in [3.05, 3.63) is 33.4 Å². The fourth-order valence-corrected chi connectivity index (χ4v) is 7.84. The molecule has 7 N–H and O–H groups in total. The second kappa shape index (κ2) is 11.0. The number of nitrogens with two attached hydrogens (primary N) is 2. The van der Waals surface area contributed by atoms with Gasteiger partial charge in [0.15, 0.2) is 47.1 Å². The van der Waals surface area contributed by atoms with Gasteiger partial charge >= 0.3 is 7.82 Å². The van der Waals surface area contributed by atoms with E-state index in [0.29, 0.717) is 0 Å². The molecule has 0 radical (unpaired) electrons. The highest BCUT2D eigenvalue weighted by Gasteiger charge is 2.53. The van der Waals surface area contributed by atoms with Crippen molar-refractivity contribution < 1.29 is 50.7 Å². The van der Waals surface area contributed by atoms with E-state index in [1.54, 1.807) is 0 Å². The maximum absolute atomic E-state index is 15.9. The predicted octanol–water partition coefficient (Wildman–Crippen LogP) is -1.27. The summed E-state index contributed by atoms with van der Waals surface area (Å²) in [5.41, 5.74) is 8.90. The SMILES string of the molecule is Nc1nc2c(ncn2[C@@H]2O[C@@H]3COP(=O)(O)OC4C(F)[C@H](n5cnc6c(=O)[nH]c(N)nc65)O[C@@H]4CCP(=O)([O-])OC3C2F)c(=O)[nH]1. The number of H-pyrrole nitrogens is 2. The molecule has 4 aromatic heterocycles. The number of nitrogens with zero attached hydrogens (tertiary/aromatic N) is 6. The van der Waals surface area contributed by atoms with Crippen molar-refractivity contribution in [2.75, 3.05) is 24.2 Å². The Hall–Kier alpha value is -3.66. The van der Waals surface area contributed by atoms with E-state index in [-0.39, 0.29) is 34.2 Å². The van der Waals surface area contributed by atoms with Gasteiger partial charge in [-0.1, -0.05) is 0 Å². The lowest BCUT2D eigenvalue weighted by Crippen LogP contribution is -2.37. The average molecular weight is 691 g/mol. The maximum atomic E-state index is 15.9. The molecule has 7 heterocycles. The highest BCUT2D eigenvalue weighted by molar-refractivity contribution is 7.51. The van der Waals surface area contributed by atoms with Crippen LogP contribution in [-0.4, -0.2) is 93.5 Å². The van der Waals surface area contributed by atoms with Crippen LogP contribution < -0.4 is 27.5 Å². The summed E-state index contributed by atoms with van der Waals surface area (Å²) >= 11 is 0. The molecule has 7 rings (SSSR count). The van der Waals surface area contributed by atoms with Crippen molar-refractivity contribution in [1.29, 1.82) is 0 Å². The molecule has 0 aromatic carbocycles. The van der Waals surface area contributed by atoms with E-state index in [2.05, 4.69) is 29.9 Å². The van der Waals surface area contributed by atoms with Gasteiger partial charge in [0.2, 0.25) is 11.9 Å². The third kappa shape index (κ3) is 5.32. The Morgan fingerprint density at radius 2 is 1.39 bits per heavy atom. The number of halogens is 2. The van der Waals surface area contributed by atoms with E-state index in [9.17, 15) is 28.5 Å². The van der Waals surface area contributed by atoms with Gasteiger partial charge in [0, 0.05) is 6.16 Å². The summed E-state index contributed by atoms with van der Waals surface area (Å²) in [6.07, 6.45) is -14.2. The quantitative estimate of drug-likeness (QED) is 0.153. The molecule has 248 valence electrons. The number of aromatic nitrogens is 8. The molecule has 21 nitrogen and oxygen atoms in total. The van der Waals surface area contributed by atoms with Crippen molar-refractivity contribution in [3.8, 4) is 0 Å². The first kappa shape index (κ1) is 31.0. The Bertz CT molecular complexity index is 1910. The van der Waals surface area contributed by atoms with Crippen molar-refractivity contribution in [1.82, 2.24) is 39.0 Å². The van der Waals surface area contributed by atoms with Gasteiger partial charge in [-0.25, -0.2) is 23.3 Å². The average Bonchev–Trinajstić information content (AvgIpc) is 3.72. The Labute approximate surface area is 253 Å². The number of phosphoric acid groups is 1. The van der Waals surface area contributed by atoms with Crippen LogP contribution >= 0.6 is 15.4 Å². The van der Waals surface area contributed by atoms with E-state index < -0.39 is 94.9 Å². The molecule has 3 aliphatic heterocycles. The Morgan fingerprint density at radius 3 is 1.93 bits per heavy atom. The number of rotatable bonds is 2. The van der Waals surface area contributed by atoms with Gasteiger partial charge in [0.25, 0.3) is 11.1 Å². The highest BCUT2D eigenvalue weighted by atomic mass is 31.2. The number of hydrogen-bond donors (Lipinski definition) is 5. The third-order valence-corrected chi connectivity index (χ3v) is 9.97. The number of ether oxygens (including phenoxy) is 2. The fourth-order valence-electron chi connectivity index (χ4n) is 5.59. The van der Waals surface area contributed by atoms with E-state index in [1.165, 1.54) is 0 Å². The number of nitrogens with one attached hydrogen (secondary N) is 2. The molecule has 3 saturated heterocycles. The van der Waals surface area contributed by atoms with Crippen LogP contribution in [0.15, 0.2) is 22.2 Å². The minimum atomic E-state index is -5.18. The number of fused-ring (bicyclic) bond motifs is 4. The predicted molar refractivity (Wildman–Crippen MR) is 145 cm³/mol. The number of hydrogen-bond acceptors (Lipinski definition) is 16. The van der Waals surface area contributed by atoms with Gasteiger partial charge in [-0.15, -0.1) is 0 Å². The molecule has 46 heavy (non-hydrogen) atoms. The molecule has 25 heteroatoms. The first-order chi connectivity index (χ1) is 21.7. The smallest absolute Gasteiger partial charge is 0.472 e. The van der Waals surface area contributed by atoms with Crippen molar-refractivity contribution >= 4 is 49.6 Å². The number of aromatic amines is 2. The standard InChI is InChI=1S/C21H24F2N10O11P2/c22-8-12-6(41-18(8)32-4-26-10-14(32)28-20(24)30-16(10)34)1-2-45(36,37)43-13-7(3-40-46(38,39)44-12)42-19(9(13)23)33-5-27-11-15(33)29-21(25)31-17(11)35/h4-9,12-13,18-19H,1-3H2,(H,36,37)(H,38,39)(H3,24,28,30,34)(H3,25,29,31,35)/p-1/t6-,7-,8?,9?,12?,13?,18-,19-/m1/s1. The number of alkyl halides is 2. The van der Waals surface area contributed by atoms with E-state index in [0.717, 1.165) is 21.8 Å². The van der Waals surface area contributed by atoms with Crippen molar-refractivity contribution in [3.63, 3.8) is 0 Å². The van der Waals surface area contributed by atoms with Crippen LogP contribution in [-0.2, 0) is 32.2 Å². The normalized spacial score (nSPS) is 37.1. The number of phosphoric ester groups is 1. The van der Waals surface area contributed by atoms with Gasteiger partial charge in [0.05, 0.1) is 25.4 Å². The second-order valence-electron chi connectivity index (χ2n) is 10.6. The van der Waals surface area contributed by atoms with Crippen LogP contribution in [0.25, 0.3) is 22.3 Å². The summed E-state index contributed by atoms with van der Waals surface area (Å²) in [4.78, 5) is 68.1. The molecule has 6 unspecified atom stereocenters. The van der Waals surface area contributed by atoms with Crippen molar-refractivity contribution in [2.24, 2.45) is 0 Å². The van der Waals surface area contributed by atoms with Gasteiger partial charge in [0.1, 0.15) is 25.9 Å². The Balaban J connectivity index is 1.18. The third-order valence-electron chi connectivity index (χ3n) is 7.61. The second-order valence-corrected chi connectivity index (χ2v) is 13.9. The topological polar surface area (TPSA) is 303 Å². The minimum absolute atomic E-state index is 0.186. The molecular formula is C21H23F2N10O11P2-. The van der Waals surface area contributed by atoms with Gasteiger partial charge in [-0.3, -0.25) is 37.7 Å². The van der Waals surface area contributed by atoms with E-state index in [1.807, 2.05) is 0 Å². The number of imidazole rings is 2. The lowest BCUT2D eigenvalue weighted by Gasteiger charge is -2.32. The molecule has 3 aliphatic rings. The van der Waals surface area contributed by atoms with Crippen LogP contribution in [0.5, 0.6) is 0 Å². The highest BCUT2D eigenvalue weighted by Crippen LogP contribution is 2.53. The summed E-state index contributed by atoms with van der Waals surface area (Å²) in [5, 5.41) is 0. The molecule has 0 saturated carbocycles. The lowest BCUT2D eigenvalue weighted by molar-refractivity contribution is -0.206. The van der Waals surface area contributed by atoms with Gasteiger partial charge in [-0.05, 0) is 6.42 Å². The molecule has 0 spiro atoms. The summed E-state index contributed by atoms with van der Waals surface area (Å²) in [5.74, 6) is -0.637. The van der Waals surface area contributed by atoms with E-state index in [4.69, 9.17) is 34.5 Å². The summed E-state index contributed by atoms with van der Waals surface area (Å²) in [6.45, 7) is -0.963. The molecule has 0 aliphatic carbocycles. The fraction of sp³-hybridized carbons (Fsp3) is 0.524. The molecule has 0 bridgehead atoms. The van der Waals surface area contributed by atoms with Crippen LogP contribution in [0.1, 0.15) is 18.9 Å². The minimum Gasteiger partial charge on any atom is -0.778 e. The Morgan fingerprint density at radius 1 is 0.891 bits per heavy atom. The zero-order valence-corrected chi connectivity index (χ0v) is 24.7.